The molecule has 37 heavy (non-hydrogen) atoms. The fourth-order valence-corrected chi connectivity index (χ4v) is 5.18. The molecule has 2 aromatic heterocycles. The third kappa shape index (κ3) is 7.83. The summed E-state index contributed by atoms with van der Waals surface area (Å²) in [5.74, 6) is 1.79. The standard InChI is InChI=1S/C27H40N4O5S/c1-6-19-11-20(9-18(5)25(19)35-16-22(34)13-28-12-21(33)15-32)26-29-27(36-30-26)23-10-17(4)24(37-23)14-31(7-2)8-3/h9-11,21-22,28,32-34H,6-8,12-16H2,1-5H3/t21?,22-/m0/s1. The molecular formula is C27H40N4O5S. The molecule has 10 heteroatoms. The lowest BCUT2D eigenvalue weighted by molar-refractivity contribution is 0.0792. The minimum absolute atomic E-state index is 0.106. The maximum Gasteiger partial charge on any atom is 0.268 e. The summed E-state index contributed by atoms with van der Waals surface area (Å²) in [7, 11) is 0. The monoisotopic (exact) mass is 532 g/mol. The fraction of sp³-hybridized carbons (Fsp3) is 0.556. The van der Waals surface area contributed by atoms with Crippen LogP contribution in [0.1, 0.15) is 42.3 Å². The van der Waals surface area contributed by atoms with E-state index in [4.69, 9.17) is 19.4 Å². The van der Waals surface area contributed by atoms with Crippen molar-refractivity contribution >= 4 is 11.3 Å². The first-order chi connectivity index (χ1) is 17.8. The molecule has 0 aliphatic carbocycles. The molecule has 2 heterocycles. The molecule has 3 aromatic rings. The van der Waals surface area contributed by atoms with Crippen molar-refractivity contribution in [3.8, 4) is 27.9 Å². The van der Waals surface area contributed by atoms with Gasteiger partial charge in [-0.15, -0.1) is 11.3 Å². The Morgan fingerprint density at radius 2 is 1.78 bits per heavy atom. The number of hydrogen-bond donors (Lipinski definition) is 4. The van der Waals surface area contributed by atoms with Crippen molar-refractivity contribution in [1.82, 2.24) is 20.4 Å². The largest absolute Gasteiger partial charge is 0.490 e. The van der Waals surface area contributed by atoms with Crippen LogP contribution < -0.4 is 10.1 Å². The summed E-state index contributed by atoms with van der Waals surface area (Å²) in [5, 5.41) is 35.7. The normalized spacial score (nSPS) is 13.3. The molecule has 3 rings (SSSR count). The van der Waals surface area contributed by atoms with Gasteiger partial charge in [0.15, 0.2) is 0 Å². The van der Waals surface area contributed by atoms with E-state index in [-0.39, 0.29) is 26.3 Å². The zero-order valence-corrected chi connectivity index (χ0v) is 23.3. The van der Waals surface area contributed by atoms with Crippen LogP contribution in [0, 0.1) is 13.8 Å². The van der Waals surface area contributed by atoms with Crippen molar-refractivity contribution in [3.05, 3.63) is 39.8 Å². The van der Waals surface area contributed by atoms with E-state index in [9.17, 15) is 10.2 Å². The Kier molecular flexibility index (Phi) is 11.0. The quantitative estimate of drug-likeness (QED) is 0.234. The van der Waals surface area contributed by atoms with Crippen LogP contribution in [0.3, 0.4) is 0 Å². The Balaban J connectivity index is 1.71. The van der Waals surface area contributed by atoms with E-state index in [1.54, 1.807) is 11.3 Å². The summed E-state index contributed by atoms with van der Waals surface area (Å²) in [6.45, 7) is 13.7. The average molecular weight is 533 g/mol. The molecule has 1 aromatic carbocycles. The van der Waals surface area contributed by atoms with Crippen molar-refractivity contribution in [1.29, 1.82) is 0 Å². The van der Waals surface area contributed by atoms with Crippen LogP contribution in [0.5, 0.6) is 5.75 Å². The van der Waals surface area contributed by atoms with Crippen molar-refractivity contribution in [3.63, 3.8) is 0 Å². The molecule has 0 radical (unpaired) electrons. The lowest BCUT2D eigenvalue weighted by Gasteiger charge is -2.18. The lowest BCUT2D eigenvalue weighted by Crippen LogP contribution is -2.37. The first-order valence-electron chi connectivity index (χ1n) is 12.9. The summed E-state index contributed by atoms with van der Waals surface area (Å²) in [5.41, 5.74) is 4.00. The lowest BCUT2D eigenvalue weighted by atomic mass is 10.0. The SMILES string of the molecule is CCc1cc(-c2noc(-c3cc(C)c(CN(CC)CC)s3)n2)cc(C)c1OC[C@@H](O)CNCC(O)CO. The average Bonchev–Trinajstić information content (AvgIpc) is 3.52. The van der Waals surface area contributed by atoms with Crippen LogP contribution in [0.4, 0.5) is 0 Å². The number of thiophene rings is 1. The van der Waals surface area contributed by atoms with Gasteiger partial charge in [-0.1, -0.05) is 25.9 Å². The second kappa shape index (κ2) is 14.0. The third-order valence-electron chi connectivity index (χ3n) is 6.30. The number of rotatable bonds is 15. The Labute approximate surface area is 223 Å². The van der Waals surface area contributed by atoms with Gasteiger partial charge in [0, 0.05) is 30.1 Å². The van der Waals surface area contributed by atoms with Gasteiger partial charge in [-0.05, 0) is 68.2 Å². The number of ether oxygens (including phenoxy) is 1. The number of aryl methyl sites for hydroxylation is 3. The zero-order chi connectivity index (χ0) is 26.9. The van der Waals surface area contributed by atoms with Gasteiger partial charge in [0.25, 0.3) is 5.89 Å². The second-order valence-corrected chi connectivity index (χ2v) is 10.3. The van der Waals surface area contributed by atoms with E-state index in [1.807, 2.05) is 26.0 Å². The first-order valence-corrected chi connectivity index (χ1v) is 13.7. The summed E-state index contributed by atoms with van der Waals surface area (Å²) in [6, 6.07) is 6.09. The Hall–Kier alpha value is -2.34. The van der Waals surface area contributed by atoms with Crippen LogP contribution >= 0.6 is 11.3 Å². The van der Waals surface area contributed by atoms with Crippen LogP contribution in [-0.2, 0) is 13.0 Å². The molecular weight excluding hydrogens is 492 g/mol. The third-order valence-corrected chi connectivity index (χ3v) is 7.51. The summed E-state index contributed by atoms with van der Waals surface area (Å²) in [4.78, 5) is 9.36. The molecule has 9 nitrogen and oxygen atoms in total. The predicted molar refractivity (Wildman–Crippen MR) is 146 cm³/mol. The molecule has 4 N–H and O–H groups in total. The van der Waals surface area contributed by atoms with Crippen LogP contribution in [-0.4, -0.2) is 82.0 Å². The number of aliphatic hydroxyl groups is 3. The molecule has 0 aliphatic rings. The number of benzene rings is 1. The van der Waals surface area contributed by atoms with Crippen LogP contribution in [0.15, 0.2) is 22.7 Å². The van der Waals surface area contributed by atoms with Gasteiger partial charge in [0.2, 0.25) is 5.82 Å². The molecule has 204 valence electrons. The molecule has 0 amide bonds. The highest BCUT2D eigenvalue weighted by Crippen LogP contribution is 2.34. The van der Waals surface area contributed by atoms with Crippen molar-refractivity contribution in [2.24, 2.45) is 0 Å². The highest BCUT2D eigenvalue weighted by atomic mass is 32.1. The van der Waals surface area contributed by atoms with Gasteiger partial charge in [0.1, 0.15) is 18.5 Å². The van der Waals surface area contributed by atoms with Gasteiger partial charge in [-0.25, -0.2) is 0 Å². The number of aliphatic hydroxyl groups excluding tert-OH is 3. The topological polar surface area (TPSA) is 124 Å². The zero-order valence-electron chi connectivity index (χ0n) is 22.5. The summed E-state index contributed by atoms with van der Waals surface area (Å²) >= 11 is 1.70. The van der Waals surface area contributed by atoms with Gasteiger partial charge in [0.05, 0.1) is 17.6 Å². The van der Waals surface area contributed by atoms with E-state index in [1.165, 1.54) is 10.4 Å². The first kappa shape index (κ1) is 29.2. The Bertz CT molecular complexity index is 1130. The second-order valence-electron chi connectivity index (χ2n) is 9.20. The van der Waals surface area contributed by atoms with Crippen molar-refractivity contribution in [2.75, 3.05) is 39.4 Å². The van der Waals surface area contributed by atoms with E-state index < -0.39 is 12.2 Å². The van der Waals surface area contributed by atoms with Gasteiger partial charge < -0.3 is 29.9 Å². The maximum absolute atomic E-state index is 10.2. The van der Waals surface area contributed by atoms with Crippen molar-refractivity contribution in [2.45, 2.75) is 59.8 Å². The van der Waals surface area contributed by atoms with E-state index >= 15 is 0 Å². The smallest absolute Gasteiger partial charge is 0.268 e. The molecule has 2 atom stereocenters. The molecule has 0 saturated carbocycles. The predicted octanol–water partition coefficient (Wildman–Crippen LogP) is 3.17. The van der Waals surface area contributed by atoms with E-state index in [0.717, 1.165) is 53.4 Å². The summed E-state index contributed by atoms with van der Waals surface area (Å²) in [6.07, 6.45) is -0.862. The minimum Gasteiger partial charge on any atom is -0.490 e. The molecule has 0 spiro atoms. The molecule has 0 aliphatic heterocycles. The number of nitrogens with one attached hydrogen (secondary N) is 1. The van der Waals surface area contributed by atoms with Crippen molar-refractivity contribution < 1.29 is 24.6 Å². The Morgan fingerprint density at radius 1 is 1.05 bits per heavy atom. The van der Waals surface area contributed by atoms with Gasteiger partial charge in [-0.2, -0.15) is 4.98 Å². The molecule has 1 unspecified atom stereocenters. The molecule has 0 bridgehead atoms. The highest BCUT2D eigenvalue weighted by molar-refractivity contribution is 7.15. The van der Waals surface area contributed by atoms with Gasteiger partial charge in [-0.3, -0.25) is 4.90 Å². The summed E-state index contributed by atoms with van der Waals surface area (Å²) < 4.78 is 11.6. The number of hydrogen-bond acceptors (Lipinski definition) is 10. The van der Waals surface area contributed by atoms with E-state index in [0.29, 0.717) is 11.7 Å². The maximum atomic E-state index is 10.2. The fourth-order valence-electron chi connectivity index (χ4n) is 4.04. The highest BCUT2D eigenvalue weighted by Gasteiger charge is 2.18. The molecule has 0 fully saturated rings. The molecule has 0 saturated heterocycles. The van der Waals surface area contributed by atoms with Crippen LogP contribution in [0.2, 0.25) is 0 Å². The number of aromatic nitrogens is 2. The van der Waals surface area contributed by atoms with Crippen LogP contribution in [0.25, 0.3) is 22.2 Å². The van der Waals surface area contributed by atoms with Gasteiger partial charge >= 0.3 is 0 Å². The minimum atomic E-state index is -0.848. The van der Waals surface area contributed by atoms with E-state index in [2.05, 4.69) is 42.2 Å². The Morgan fingerprint density at radius 3 is 2.46 bits per heavy atom. The number of nitrogens with zero attached hydrogens (tertiary/aromatic N) is 3.